The minimum absolute atomic E-state index is 0.444. The summed E-state index contributed by atoms with van der Waals surface area (Å²) in [4.78, 5) is 3.59. The van der Waals surface area contributed by atoms with E-state index in [1.807, 2.05) is 0 Å². The summed E-state index contributed by atoms with van der Waals surface area (Å²) < 4.78 is 0. The molecule has 0 aliphatic rings. The van der Waals surface area contributed by atoms with Gasteiger partial charge in [-0.3, -0.25) is 4.99 Å². The molecule has 0 aromatic heterocycles. The molecule has 7 heavy (non-hydrogen) atoms. The quantitative estimate of drug-likeness (QED) is 0.504. The highest BCUT2D eigenvalue weighted by molar-refractivity contribution is 5.76. The molecule has 0 radical (unpaired) electrons. The van der Waals surface area contributed by atoms with Crippen molar-refractivity contribution in [2.24, 2.45) is 10.7 Å². The SMILES string of the molecule is C=C/N=C\C(=C)N. The maximum absolute atomic E-state index is 5.09. The predicted molar refractivity (Wildman–Crippen MR) is 32.0 cm³/mol. The van der Waals surface area contributed by atoms with E-state index < -0.39 is 0 Å². The van der Waals surface area contributed by atoms with Gasteiger partial charge < -0.3 is 5.73 Å². The molecule has 0 saturated heterocycles. The van der Waals surface area contributed by atoms with Crippen molar-refractivity contribution in [2.45, 2.75) is 0 Å². The second kappa shape index (κ2) is 3.15. The molecule has 0 fully saturated rings. The summed E-state index contributed by atoms with van der Waals surface area (Å²) in [6.45, 7) is 6.71. The van der Waals surface area contributed by atoms with Gasteiger partial charge in [0.25, 0.3) is 0 Å². The molecule has 0 aromatic carbocycles. The number of allylic oxidation sites excluding steroid dienone is 1. The van der Waals surface area contributed by atoms with Crippen molar-refractivity contribution in [3.8, 4) is 0 Å². The summed E-state index contributed by atoms with van der Waals surface area (Å²) in [7, 11) is 0. The normalized spacial score (nSPS) is 9.14. The molecule has 38 valence electrons. The zero-order chi connectivity index (χ0) is 5.70. The Morgan fingerprint density at radius 3 is 2.43 bits per heavy atom. The molecule has 2 nitrogen and oxygen atoms in total. The third-order valence-electron chi connectivity index (χ3n) is 0.346. The van der Waals surface area contributed by atoms with E-state index in [1.54, 1.807) is 0 Å². The summed E-state index contributed by atoms with van der Waals surface area (Å²) in [5.41, 5.74) is 5.53. The molecule has 0 aromatic rings. The third-order valence-corrected chi connectivity index (χ3v) is 0.346. The van der Waals surface area contributed by atoms with Crippen molar-refractivity contribution in [2.75, 3.05) is 0 Å². The molecular weight excluding hydrogens is 88.1 g/mol. The Hall–Kier alpha value is -1.05. The van der Waals surface area contributed by atoms with Crippen LogP contribution in [0.3, 0.4) is 0 Å². The number of hydrogen-bond acceptors (Lipinski definition) is 2. The van der Waals surface area contributed by atoms with E-state index in [9.17, 15) is 0 Å². The lowest BCUT2D eigenvalue weighted by molar-refractivity contribution is 1.50. The first-order chi connectivity index (χ1) is 3.27. The number of nitrogens with zero attached hydrogens (tertiary/aromatic N) is 1. The number of aliphatic imine (C=N–C) groups is 1. The third kappa shape index (κ3) is 4.95. The van der Waals surface area contributed by atoms with Crippen LogP contribution < -0.4 is 5.73 Å². The van der Waals surface area contributed by atoms with Crippen LogP contribution >= 0.6 is 0 Å². The molecule has 0 spiro atoms. The average molecular weight is 96.1 g/mol. The van der Waals surface area contributed by atoms with Gasteiger partial charge in [-0.25, -0.2) is 0 Å². The minimum atomic E-state index is 0.444. The Morgan fingerprint density at radius 2 is 2.29 bits per heavy atom. The molecule has 0 heterocycles. The van der Waals surface area contributed by atoms with Gasteiger partial charge >= 0.3 is 0 Å². The van der Waals surface area contributed by atoms with Gasteiger partial charge in [0.15, 0.2) is 0 Å². The smallest absolute Gasteiger partial charge is 0.0491 e. The van der Waals surface area contributed by atoms with Gasteiger partial charge in [0, 0.05) is 18.1 Å². The second-order valence-electron chi connectivity index (χ2n) is 1.04. The summed E-state index contributed by atoms with van der Waals surface area (Å²) in [5, 5.41) is 0. The molecule has 0 aliphatic heterocycles. The van der Waals surface area contributed by atoms with Crippen LogP contribution in [-0.4, -0.2) is 6.21 Å². The van der Waals surface area contributed by atoms with Gasteiger partial charge in [-0.1, -0.05) is 13.2 Å². The molecule has 0 rings (SSSR count). The Kier molecular flexibility index (Phi) is 2.68. The molecule has 0 aliphatic carbocycles. The summed E-state index contributed by atoms with van der Waals surface area (Å²) in [6.07, 6.45) is 2.84. The molecule has 0 saturated carbocycles. The number of nitrogens with two attached hydrogens (primary N) is 1. The summed E-state index contributed by atoms with van der Waals surface area (Å²) in [5.74, 6) is 0. The average Bonchev–Trinajstić information content (AvgIpc) is 1.61. The summed E-state index contributed by atoms with van der Waals surface area (Å²) in [6, 6.07) is 0. The molecule has 2 heteroatoms. The Morgan fingerprint density at radius 1 is 1.71 bits per heavy atom. The maximum Gasteiger partial charge on any atom is 0.0491 e. The standard InChI is InChI=1S/C5H8N2/c1-3-7-4-5(2)6/h3-4H,1-2,6H2/b7-4-. The molecule has 0 unspecified atom stereocenters. The van der Waals surface area contributed by atoms with Gasteiger partial charge in [0.1, 0.15) is 0 Å². The fourth-order valence-electron chi connectivity index (χ4n) is 0.148. The van der Waals surface area contributed by atoms with E-state index in [2.05, 4.69) is 18.2 Å². The largest absolute Gasteiger partial charge is 0.398 e. The van der Waals surface area contributed by atoms with Gasteiger partial charge in [0.05, 0.1) is 0 Å². The maximum atomic E-state index is 5.09. The Balaban J connectivity index is 3.46. The summed E-state index contributed by atoms with van der Waals surface area (Å²) >= 11 is 0. The highest BCUT2D eigenvalue weighted by Crippen LogP contribution is 1.68. The predicted octanol–water partition coefficient (Wildman–Crippen LogP) is 0.673. The molecule has 2 N–H and O–H groups in total. The zero-order valence-corrected chi connectivity index (χ0v) is 4.09. The molecular formula is C5H8N2. The van der Waals surface area contributed by atoms with Crippen molar-refractivity contribution in [1.82, 2.24) is 0 Å². The lowest BCUT2D eigenvalue weighted by Crippen LogP contribution is -1.93. The van der Waals surface area contributed by atoms with Crippen LogP contribution in [0.5, 0.6) is 0 Å². The van der Waals surface area contributed by atoms with Crippen LogP contribution in [0.25, 0.3) is 0 Å². The molecule has 0 bridgehead atoms. The zero-order valence-electron chi connectivity index (χ0n) is 4.09. The first-order valence-corrected chi connectivity index (χ1v) is 1.86. The van der Waals surface area contributed by atoms with E-state index >= 15 is 0 Å². The number of hydrogen-bond donors (Lipinski definition) is 1. The van der Waals surface area contributed by atoms with Gasteiger partial charge in [-0.15, -0.1) is 0 Å². The minimum Gasteiger partial charge on any atom is -0.398 e. The second-order valence-corrected chi connectivity index (χ2v) is 1.04. The van der Waals surface area contributed by atoms with E-state index in [0.717, 1.165) is 0 Å². The van der Waals surface area contributed by atoms with Gasteiger partial charge in [-0.05, 0) is 0 Å². The van der Waals surface area contributed by atoms with E-state index in [4.69, 9.17) is 5.73 Å². The Bertz CT molecular complexity index is 103. The monoisotopic (exact) mass is 96.1 g/mol. The van der Waals surface area contributed by atoms with Crippen molar-refractivity contribution < 1.29 is 0 Å². The lowest BCUT2D eigenvalue weighted by Gasteiger charge is -1.78. The first kappa shape index (κ1) is 5.95. The van der Waals surface area contributed by atoms with Gasteiger partial charge in [-0.2, -0.15) is 0 Å². The van der Waals surface area contributed by atoms with Crippen LogP contribution in [0.1, 0.15) is 0 Å². The van der Waals surface area contributed by atoms with Crippen molar-refractivity contribution in [1.29, 1.82) is 0 Å². The highest BCUT2D eigenvalue weighted by atomic mass is 14.7. The van der Waals surface area contributed by atoms with E-state index in [0.29, 0.717) is 5.70 Å². The van der Waals surface area contributed by atoms with E-state index in [1.165, 1.54) is 12.4 Å². The van der Waals surface area contributed by atoms with Crippen molar-refractivity contribution in [3.05, 3.63) is 25.1 Å². The Labute approximate surface area is 43.1 Å². The first-order valence-electron chi connectivity index (χ1n) is 1.86. The lowest BCUT2D eigenvalue weighted by atomic mass is 10.6. The van der Waals surface area contributed by atoms with Crippen LogP contribution in [0, 0.1) is 0 Å². The van der Waals surface area contributed by atoms with Crippen molar-refractivity contribution in [3.63, 3.8) is 0 Å². The van der Waals surface area contributed by atoms with Crippen LogP contribution in [0.4, 0.5) is 0 Å². The van der Waals surface area contributed by atoms with Crippen LogP contribution in [-0.2, 0) is 0 Å². The number of rotatable bonds is 2. The topological polar surface area (TPSA) is 38.4 Å². The van der Waals surface area contributed by atoms with Gasteiger partial charge in [0.2, 0.25) is 0 Å². The fraction of sp³-hybridized carbons (Fsp3) is 0. The van der Waals surface area contributed by atoms with E-state index in [-0.39, 0.29) is 0 Å². The van der Waals surface area contributed by atoms with Crippen LogP contribution in [0.15, 0.2) is 30.0 Å². The molecule has 0 atom stereocenters. The van der Waals surface area contributed by atoms with Crippen LogP contribution in [0.2, 0.25) is 0 Å². The highest BCUT2D eigenvalue weighted by Gasteiger charge is 1.66. The van der Waals surface area contributed by atoms with Crippen molar-refractivity contribution >= 4 is 6.21 Å². The molecule has 0 amide bonds. The fourth-order valence-corrected chi connectivity index (χ4v) is 0.148.